The Morgan fingerprint density at radius 3 is 2.88 bits per heavy atom. The highest BCUT2D eigenvalue weighted by molar-refractivity contribution is 6.18. The lowest BCUT2D eigenvalue weighted by Gasteiger charge is -2.17. The number of benzene rings is 1. The first kappa shape index (κ1) is 12.4. The van der Waals surface area contributed by atoms with E-state index in [1.807, 2.05) is 7.05 Å². The molecule has 0 aromatic heterocycles. The van der Waals surface area contributed by atoms with E-state index in [1.54, 1.807) is 4.90 Å². The van der Waals surface area contributed by atoms with Crippen molar-refractivity contribution in [3.05, 3.63) is 34.9 Å². The molecule has 2 nitrogen and oxygen atoms in total. The van der Waals surface area contributed by atoms with Crippen LogP contribution >= 0.6 is 11.6 Å². The van der Waals surface area contributed by atoms with Gasteiger partial charge in [0.15, 0.2) is 0 Å². The lowest BCUT2D eigenvalue weighted by Crippen LogP contribution is -2.26. The maximum atomic E-state index is 11.6. The smallest absolute Gasteiger partial charge is 0.223 e. The first-order valence-corrected chi connectivity index (χ1v) is 6.65. The summed E-state index contributed by atoms with van der Waals surface area (Å²) < 4.78 is 0. The fourth-order valence-corrected chi connectivity index (χ4v) is 2.52. The molecule has 0 bridgehead atoms. The first-order valence-electron chi connectivity index (χ1n) is 6.11. The predicted octanol–water partition coefficient (Wildman–Crippen LogP) is 2.76. The number of carbonyl (C=O) groups is 1. The molecule has 0 aliphatic heterocycles. The van der Waals surface area contributed by atoms with Crippen LogP contribution in [0.1, 0.15) is 29.5 Å². The van der Waals surface area contributed by atoms with Crippen LogP contribution in [-0.4, -0.2) is 23.7 Å². The average molecular weight is 252 g/mol. The first-order chi connectivity index (χ1) is 8.20. The van der Waals surface area contributed by atoms with Crippen LogP contribution in [0.5, 0.6) is 0 Å². The largest absolute Gasteiger partial charge is 0.341 e. The number of fused-ring (bicyclic) bond motifs is 1. The zero-order valence-corrected chi connectivity index (χ0v) is 11.0. The van der Waals surface area contributed by atoms with Gasteiger partial charge in [-0.1, -0.05) is 18.2 Å². The predicted molar refractivity (Wildman–Crippen MR) is 70.3 cm³/mol. The molecule has 1 aromatic carbocycles. The normalized spacial score (nSPS) is 13.5. The summed E-state index contributed by atoms with van der Waals surface area (Å²) >= 11 is 5.57. The van der Waals surface area contributed by atoms with Gasteiger partial charge in [-0.2, -0.15) is 0 Å². The molecule has 2 rings (SSSR count). The second-order valence-electron chi connectivity index (χ2n) is 4.65. The molecule has 1 aliphatic rings. The minimum Gasteiger partial charge on any atom is -0.341 e. The van der Waals surface area contributed by atoms with Gasteiger partial charge in [0.05, 0.1) is 0 Å². The Hall–Kier alpha value is -1.02. The van der Waals surface area contributed by atoms with Crippen molar-refractivity contribution in [3.63, 3.8) is 0 Å². The number of aryl methyl sites for hydroxylation is 2. The van der Waals surface area contributed by atoms with Gasteiger partial charge in [0.1, 0.15) is 0 Å². The van der Waals surface area contributed by atoms with E-state index in [-0.39, 0.29) is 5.91 Å². The number of nitrogens with zero attached hydrogens (tertiary/aromatic N) is 1. The van der Waals surface area contributed by atoms with E-state index >= 15 is 0 Å². The lowest BCUT2D eigenvalue weighted by molar-refractivity contribution is -0.129. The zero-order valence-electron chi connectivity index (χ0n) is 10.2. The molecule has 0 atom stereocenters. The van der Waals surface area contributed by atoms with Crippen molar-refractivity contribution in [3.8, 4) is 0 Å². The fourth-order valence-electron chi connectivity index (χ4n) is 2.36. The van der Waals surface area contributed by atoms with Gasteiger partial charge in [0.25, 0.3) is 0 Å². The molecule has 0 fully saturated rings. The van der Waals surface area contributed by atoms with Gasteiger partial charge >= 0.3 is 0 Å². The van der Waals surface area contributed by atoms with Crippen molar-refractivity contribution in [2.75, 3.05) is 12.9 Å². The van der Waals surface area contributed by atoms with Gasteiger partial charge in [0, 0.05) is 25.9 Å². The third-order valence-electron chi connectivity index (χ3n) is 3.32. The van der Waals surface area contributed by atoms with Crippen LogP contribution < -0.4 is 0 Å². The van der Waals surface area contributed by atoms with Crippen molar-refractivity contribution in [2.24, 2.45) is 0 Å². The van der Waals surface area contributed by atoms with Crippen LogP contribution in [0.15, 0.2) is 18.2 Å². The topological polar surface area (TPSA) is 20.3 Å². The van der Waals surface area contributed by atoms with Gasteiger partial charge in [-0.3, -0.25) is 4.79 Å². The van der Waals surface area contributed by atoms with E-state index in [9.17, 15) is 4.79 Å². The van der Waals surface area contributed by atoms with Crippen molar-refractivity contribution in [1.29, 1.82) is 0 Å². The number of alkyl halides is 1. The number of amides is 1. The van der Waals surface area contributed by atoms with Crippen LogP contribution in [0.25, 0.3) is 0 Å². The molecule has 0 spiro atoms. The summed E-state index contributed by atoms with van der Waals surface area (Å²) in [6.45, 7) is 0.684. The van der Waals surface area contributed by atoms with Crippen molar-refractivity contribution >= 4 is 17.5 Å². The lowest BCUT2D eigenvalue weighted by atomic mass is 10.1. The van der Waals surface area contributed by atoms with E-state index in [0.717, 1.165) is 0 Å². The minimum atomic E-state index is 0.112. The average Bonchev–Trinajstić information content (AvgIpc) is 2.76. The third kappa shape index (κ3) is 3.01. The molecule has 1 amide bonds. The Morgan fingerprint density at radius 2 is 2.12 bits per heavy atom. The molecule has 0 unspecified atom stereocenters. The monoisotopic (exact) mass is 251 g/mol. The number of halogens is 1. The van der Waals surface area contributed by atoms with Crippen molar-refractivity contribution in [1.82, 2.24) is 4.90 Å². The zero-order chi connectivity index (χ0) is 12.3. The van der Waals surface area contributed by atoms with Crippen LogP contribution in [0.4, 0.5) is 0 Å². The Kier molecular flexibility index (Phi) is 4.06. The summed E-state index contributed by atoms with van der Waals surface area (Å²) in [7, 11) is 1.84. The molecule has 0 saturated carbocycles. The molecule has 17 heavy (non-hydrogen) atoms. The SMILES string of the molecule is CN(Cc1ccc2c(c1)CCC2)C(=O)CCCl. The van der Waals surface area contributed by atoms with Gasteiger partial charge < -0.3 is 4.90 Å². The van der Waals surface area contributed by atoms with E-state index in [2.05, 4.69) is 18.2 Å². The maximum Gasteiger partial charge on any atom is 0.223 e. The molecular formula is C14H18ClNO. The van der Waals surface area contributed by atoms with Crippen LogP contribution in [-0.2, 0) is 24.2 Å². The molecule has 92 valence electrons. The quantitative estimate of drug-likeness (QED) is 0.754. The van der Waals surface area contributed by atoms with Gasteiger partial charge in [-0.25, -0.2) is 0 Å². The Morgan fingerprint density at radius 1 is 1.35 bits per heavy atom. The van der Waals surface area contributed by atoms with E-state index < -0.39 is 0 Å². The summed E-state index contributed by atoms with van der Waals surface area (Å²) in [5.74, 6) is 0.508. The fraction of sp³-hybridized carbons (Fsp3) is 0.500. The summed E-state index contributed by atoms with van der Waals surface area (Å²) in [5, 5.41) is 0. The molecule has 3 heteroatoms. The van der Waals surface area contributed by atoms with Gasteiger partial charge in [-0.05, 0) is 36.0 Å². The van der Waals surface area contributed by atoms with Crippen LogP contribution in [0.2, 0.25) is 0 Å². The molecule has 0 saturated heterocycles. The molecule has 0 radical (unpaired) electrons. The summed E-state index contributed by atoms with van der Waals surface area (Å²) in [5.41, 5.74) is 4.15. The number of rotatable bonds is 4. The second-order valence-corrected chi connectivity index (χ2v) is 5.02. The van der Waals surface area contributed by atoms with Gasteiger partial charge in [0.2, 0.25) is 5.91 Å². The van der Waals surface area contributed by atoms with E-state index in [0.29, 0.717) is 18.8 Å². The number of hydrogen-bond donors (Lipinski definition) is 0. The summed E-state index contributed by atoms with van der Waals surface area (Å²) in [6, 6.07) is 6.58. The number of hydrogen-bond acceptors (Lipinski definition) is 1. The molecule has 1 aliphatic carbocycles. The van der Waals surface area contributed by atoms with Gasteiger partial charge in [-0.15, -0.1) is 11.6 Å². The highest BCUT2D eigenvalue weighted by atomic mass is 35.5. The van der Waals surface area contributed by atoms with E-state index in [1.165, 1.54) is 36.0 Å². The molecule has 0 heterocycles. The van der Waals surface area contributed by atoms with E-state index in [4.69, 9.17) is 11.6 Å². The summed E-state index contributed by atoms with van der Waals surface area (Å²) in [6.07, 6.45) is 4.07. The van der Waals surface area contributed by atoms with Crippen LogP contribution in [0.3, 0.4) is 0 Å². The second kappa shape index (κ2) is 5.54. The van der Waals surface area contributed by atoms with Crippen molar-refractivity contribution < 1.29 is 4.79 Å². The Labute approximate surface area is 108 Å². The third-order valence-corrected chi connectivity index (χ3v) is 3.51. The van der Waals surface area contributed by atoms with Crippen LogP contribution in [0, 0.1) is 0 Å². The summed E-state index contributed by atoms with van der Waals surface area (Å²) in [4.78, 5) is 13.4. The maximum absolute atomic E-state index is 11.6. The number of carbonyl (C=O) groups excluding carboxylic acids is 1. The molecule has 1 aromatic rings. The standard InChI is InChI=1S/C14H18ClNO/c1-16(14(17)7-8-15)10-11-5-6-12-3-2-4-13(12)9-11/h5-6,9H,2-4,7-8,10H2,1H3. The highest BCUT2D eigenvalue weighted by Gasteiger charge is 2.13. The molecule has 0 N–H and O–H groups in total. The molecular weight excluding hydrogens is 234 g/mol. The minimum absolute atomic E-state index is 0.112. The Balaban J connectivity index is 2.01. The van der Waals surface area contributed by atoms with Crippen molar-refractivity contribution in [2.45, 2.75) is 32.2 Å². The highest BCUT2D eigenvalue weighted by Crippen LogP contribution is 2.23. The Bertz CT molecular complexity index is 417.